The lowest BCUT2D eigenvalue weighted by atomic mass is 9.49. The van der Waals surface area contributed by atoms with Crippen molar-refractivity contribution >= 4 is 43.3 Å². The molecule has 2 N–H and O–H groups in total. The molecule has 0 unspecified atom stereocenters. The number of sulfonamides is 1. The summed E-state index contributed by atoms with van der Waals surface area (Å²) >= 11 is 1.06. The highest BCUT2D eigenvalue weighted by molar-refractivity contribution is 8.93. The second kappa shape index (κ2) is 5.00. The smallest absolute Gasteiger partial charge is 0.223 e. The van der Waals surface area contributed by atoms with Crippen molar-refractivity contribution in [1.82, 2.24) is 14.6 Å². The molecule has 0 aliphatic heterocycles. The first kappa shape index (κ1) is 16.0. The van der Waals surface area contributed by atoms with Crippen molar-refractivity contribution in [2.45, 2.75) is 48.3 Å². The largest absolute Gasteiger partial charge is 0.267 e. The maximum absolute atomic E-state index is 11.4. The number of nitrogens with two attached hydrogens (primary N) is 1. The molecule has 0 atom stereocenters. The SMILES string of the molecule is Br.NS(=O)(=O)c1nn2cc(C34CC5CC(CC(C5)C3)C4)nc2s1. The number of imidazole rings is 1. The van der Waals surface area contributed by atoms with Gasteiger partial charge < -0.3 is 0 Å². The molecule has 4 bridgehead atoms. The summed E-state index contributed by atoms with van der Waals surface area (Å²) in [4.78, 5) is 5.37. The zero-order chi connectivity index (χ0) is 15.1. The topological polar surface area (TPSA) is 90.4 Å². The minimum absolute atomic E-state index is 0. The van der Waals surface area contributed by atoms with Gasteiger partial charge in [0.25, 0.3) is 10.0 Å². The standard InChI is InChI=1S/C14H18N4O2S2.BrH/c15-22(19,20)13-17-18-7-11(16-12(18)21-13)14-4-8-1-9(5-14)3-10(2-8)6-14;/h7-10H,1-6H2,(H2,15,19,20);1H. The third-order valence-corrected chi connectivity index (χ3v) is 8.08. The summed E-state index contributed by atoms with van der Waals surface area (Å²) in [5.41, 5.74) is 1.33. The zero-order valence-electron chi connectivity index (χ0n) is 12.5. The maximum Gasteiger partial charge on any atom is 0.267 e. The number of rotatable bonds is 2. The lowest BCUT2D eigenvalue weighted by molar-refractivity contribution is -0.00698. The quantitative estimate of drug-likeness (QED) is 0.810. The summed E-state index contributed by atoms with van der Waals surface area (Å²) in [6.45, 7) is 0. The van der Waals surface area contributed by atoms with Crippen molar-refractivity contribution in [2.75, 3.05) is 0 Å². The average Bonchev–Trinajstić information content (AvgIpc) is 2.93. The lowest BCUT2D eigenvalue weighted by Crippen LogP contribution is -2.48. The second-order valence-electron chi connectivity index (χ2n) is 7.46. The Bertz CT molecular complexity index is 806. The highest BCUT2D eigenvalue weighted by atomic mass is 79.9. The molecule has 0 saturated heterocycles. The molecular formula is C14H19BrN4O2S2. The van der Waals surface area contributed by atoms with E-state index >= 15 is 0 Å². The van der Waals surface area contributed by atoms with Crippen LogP contribution in [-0.2, 0) is 15.4 Å². The molecule has 6 nitrogen and oxygen atoms in total. The van der Waals surface area contributed by atoms with E-state index in [4.69, 9.17) is 10.1 Å². The summed E-state index contributed by atoms with van der Waals surface area (Å²) in [7, 11) is -3.75. The fourth-order valence-electron chi connectivity index (χ4n) is 5.48. The van der Waals surface area contributed by atoms with Crippen LogP contribution in [0, 0.1) is 17.8 Å². The summed E-state index contributed by atoms with van der Waals surface area (Å²) in [6.07, 6.45) is 9.86. The van der Waals surface area contributed by atoms with E-state index in [0.29, 0.717) is 4.96 Å². The molecule has 0 radical (unpaired) electrons. The fraction of sp³-hybridized carbons (Fsp3) is 0.714. The molecule has 126 valence electrons. The molecule has 0 spiro atoms. The first-order chi connectivity index (χ1) is 10.4. The summed E-state index contributed by atoms with van der Waals surface area (Å²) in [5.74, 6) is 2.58. The van der Waals surface area contributed by atoms with Gasteiger partial charge in [0, 0.05) is 5.41 Å². The van der Waals surface area contributed by atoms with Crippen LogP contribution in [0.4, 0.5) is 0 Å². The number of fused-ring (bicyclic) bond motifs is 1. The van der Waals surface area contributed by atoms with Gasteiger partial charge in [-0.1, -0.05) is 11.3 Å². The molecule has 0 amide bonds. The Balaban J connectivity index is 0.00000135. The van der Waals surface area contributed by atoms with Gasteiger partial charge in [-0.15, -0.1) is 22.1 Å². The molecule has 4 saturated carbocycles. The van der Waals surface area contributed by atoms with Crippen LogP contribution in [0.3, 0.4) is 0 Å². The van der Waals surface area contributed by atoms with Gasteiger partial charge in [0.2, 0.25) is 9.30 Å². The Kier molecular flexibility index (Phi) is 3.47. The van der Waals surface area contributed by atoms with Gasteiger partial charge in [0.15, 0.2) is 0 Å². The summed E-state index contributed by atoms with van der Waals surface area (Å²) in [6, 6.07) is 0. The third kappa shape index (κ3) is 2.39. The molecule has 6 rings (SSSR count). The van der Waals surface area contributed by atoms with Gasteiger partial charge in [-0.2, -0.15) is 0 Å². The molecule has 2 aromatic rings. The van der Waals surface area contributed by atoms with Crippen LogP contribution < -0.4 is 5.14 Å². The van der Waals surface area contributed by atoms with Crippen molar-refractivity contribution in [3.63, 3.8) is 0 Å². The van der Waals surface area contributed by atoms with Crippen molar-refractivity contribution < 1.29 is 8.42 Å². The molecule has 4 aliphatic carbocycles. The van der Waals surface area contributed by atoms with Gasteiger partial charge in [-0.25, -0.2) is 23.1 Å². The van der Waals surface area contributed by atoms with Gasteiger partial charge in [0.1, 0.15) is 0 Å². The van der Waals surface area contributed by atoms with Crippen LogP contribution >= 0.6 is 28.3 Å². The minimum Gasteiger partial charge on any atom is -0.223 e. The van der Waals surface area contributed by atoms with Crippen LogP contribution in [0.15, 0.2) is 10.5 Å². The first-order valence-electron chi connectivity index (χ1n) is 7.81. The Hall–Kier alpha value is -0.510. The van der Waals surface area contributed by atoms with Crippen LogP contribution in [0.25, 0.3) is 4.96 Å². The Labute approximate surface area is 149 Å². The van der Waals surface area contributed by atoms with Gasteiger partial charge >= 0.3 is 0 Å². The molecule has 23 heavy (non-hydrogen) atoms. The van der Waals surface area contributed by atoms with E-state index < -0.39 is 10.0 Å². The third-order valence-electron chi connectivity index (χ3n) is 5.85. The van der Waals surface area contributed by atoms with Crippen molar-refractivity contribution in [3.8, 4) is 0 Å². The van der Waals surface area contributed by atoms with Crippen molar-refractivity contribution in [1.29, 1.82) is 0 Å². The zero-order valence-corrected chi connectivity index (χ0v) is 15.9. The minimum atomic E-state index is -3.75. The highest BCUT2D eigenvalue weighted by Crippen LogP contribution is 2.60. The van der Waals surface area contributed by atoms with Crippen LogP contribution in [0.2, 0.25) is 0 Å². The number of hydrogen-bond acceptors (Lipinski definition) is 5. The highest BCUT2D eigenvalue weighted by Gasteiger charge is 2.52. The number of nitrogens with zero attached hydrogens (tertiary/aromatic N) is 3. The van der Waals surface area contributed by atoms with E-state index in [1.54, 1.807) is 4.52 Å². The Morgan fingerprint density at radius 2 is 1.74 bits per heavy atom. The number of primary sulfonamides is 1. The van der Waals surface area contributed by atoms with E-state index in [0.717, 1.165) is 34.8 Å². The number of aromatic nitrogens is 3. The fourth-order valence-corrected chi connectivity index (χ4v) is 6.98. The van der Waals surface area contributed by atoms with E-state index in [-0.39, 0.29) is 26.7 Å². The number of halogens is 1. The van der Waals surface area contributed by atoms with Crippen LogP contribution in [0.5, 0.6) is 0 Å². The monoisotopic (exact) mass is 418 g/mol. The first-order valence-corrected chi connectivity index (χ1v) is 10.2. The predicted octanol–water partition coefficient (Wildman–Crippen LogP) is 2.48. The van der Waals surface area contributed by atoms with E-state index in [1.165, 1.54) is 38.5 Å². The predicted molar refractivity (Wildman–Crippen MR) is 92.4 cm³/mol. The van der Waals surface area contributed by atoms with E-state index in [2.05, 4.69) is 5.10 Å². The van der Waals surface area contributed by atoms with Crippen molar-refractivity contribution in [3.05, 3.63) is 11.9 Å². The van der Waals surface area contributed by atoms with Crippen LogP contribution in [0.1, 0.15) is 44.2 Å². The van der Waals surface area contributed by atoms with Crippen molar-refractivity contribution in [2.24, 2.45) is 22.9 Å². The summed E-state index contributed by atoms with van der Waals surface area (Å²) in [5, 5.41) is 9.24. The Morgan fingerprint density at radius 1 is 1.17 bits per heavy atom. The molecule has 4 aliphatic rings. The molecule has 2 heterocycles. The van der Waals surface area contributed by atoms with Gasteiger partial charge in [0.05, 0.1) is 11.9 Å². The summed E-state index contributed by atoms with van der Waals surface area (Å²) < 4.78 is 24.3. The van der Waals surface area contributed by atoms with E-state index in [9.17, 15) is 8.42 Å². The molecule has 4 fully saturated rings. The molecule has 9 heteroatoms. The molecular weight excluding hydrogens is 400 g/mol. The maximum atomic E-state index is 11.4. The lowest BCUT2D eigenvalue weighted by Gasteiger charge is -2.56. The molecule has 0 aromatic carbocycles. The molecule has 2 aromatic heterocycles. The van der Waals surface area contributed by atoms with Gasteiger partial charge in [-0.3, -0.25) is 0 Å². The van der Waals surface area contributed by atoms with Crippen LogP contribution in [-0.4, -0.2) is 23.0 Å². The number of hydrogen-bond donors (Lipinski definition) is 1. The second-order valence-corrected chi connectivity index (χ2v) is 10.2. The van der Waals surface area contributed by atoms with Gasteiger partial charge in [-0.05, 0) is 56.3 Å². The average molecular weight is 419 g/mol. The normalized spacial score (nSPS) is 35.6. The van der Waals surface area contributed by atoms with E-state index in [1.807, 2.05) is 6.20 Å². The Morgan fingerprint density at radius 3 is 2.22 bits per heavy atom.